The normalized spacial score (nSPS) is 18.9. The van der Waals surface area contributed by atoms with Crippen molar-refractivity contribution in [1.82, 2.24) is 19.6 Å². The molecule has 2 heterocycles. The number of hydrogen-bond donors (Lipinski definition) is 1. The molecule has 0 radical (unpaired) electrons. The number of halogens is 1. The number of aromatic nitrogens is 2. The van der Waals surface area contributed by atoms with Crippen LogP contribution >= 0.6 is 24.0 Å². The summed E-state index contributed by atoms with van der Waals surface area (Å²) < 4.78 is 7.50. The van der Waals surface area contributed by atoms with E-state index in [-0.39, 0.29) is 30.1 Å². The topological polar surface area (TPSA) is 89.0 Å². The van der Waals surface area contributed by atoms with E-state index in [1.54, 1.807) is 4.90 Å². The molecular formula is C19H33IN6O2. The molecule has 2 N–H and O–H groups in total. The van der Waals surface area contributed by atoms with Crippen LogP contribution in [0.15, 0.2) is 17.3 Å². The molecule has 0 spiro atoms. The summed E-state index contributed by atoms with van der Waals surface area (Å²) in [7, 11) is 0. The summed E-state index contributed by atoms with van der Waals surface area (Å²) in [5, 5.41) is 4.64. The lowest BCUT2D eigenvalue weighted by atomic mass is 10.2. The zero-order valence-electron chi connectivity index (χ0n) is 17.1. The lowest BCUT2D eigenvalue weighted by molar-refractivity contribution is 0.0186. The van der Waals surface area contributed by atoms with Crippen molar-refractivity contribution >= 4 is 36.0 Å². The highest BCUT2D eigenvalue weighted by molar-refractivity contribution is 14.0. The van der Waals surface area contributed by atoms with Gasteiger partial charge in [0.05, 0.1) is 18.3 Å². The van der Waals surface area contributed by atoms with Gasteiger partial charge in [0.2, 0.25) is 0 Å². The maximum atomic E-state index is 12.1. The molecule has 0 bridgehead atoms. The molecule has 0 atom stereocenters. The number of carbonyl (C=O) groups excluding carboxylic acids is 1. The van der Waals surface area contributed by atoms with Crippen LogP contribution in [0.25, 0.3) is 0 Å². The van der Waals surface area contributed by atoms with Crippen LogP contribution in [0.1, 0.15) is 58.2 Å². The van der Waals surface area contributed by atoms with Crippen LogP contribution in [0.3, 0.4) is 0 Å². The Morgan fingerprint density at radius 2 is 1.82 bits per heavy atom. The smallest absolute Gasteiger partial charge is 0.410 e. The molecule has 3 rings (SSSR count). The van der Waals surface area contributed by atoms with Crippen molar-refractivity contribution in [3.8, 4) is 0 Å². The van der Waals surface area contributed by atoms with Gasteiger partial charge in [-0.1, -0.05) is 12.8 Å². The van der Waals surface area contributed by atoms with Gasteiger partial charge >= 0.3 is 6.09 Å². The van der Waals surface area contributed by atoms with Gasteiger partial charge in [-0.25, -0.2) is 9.79 Å². The van der Waals surface area contributed by atoms with E-state index in [0.717, 1.165) is 5.69 Å². The van der Waals surface area contributed by atoms with Gasteiger partial charge in [-0.2, -0.15) is 5.10 Å². The molecule has 0 aromatic carbocycles. The average molecular weight is 504 g/mol. The number of guanidine groups is 1. The Bertz CT molecular complexity index is 670. The van der Waals surface area contributed by atoms with Crippen molar-refractivity contribution in [1.29, 1.82) is 0 Å². The quantitative estimate of drug-likeness (QED) is 0.389. The van der Waals surface area contributed by atoms with E-state index >= 15 is 0 Å². The number of aliphatic imine (C=N–C) groups is 1. The molecule has 158 valence electrons. The van der Waals surface area contributed by atoms with Crippen LogP contribution in [0, 0.1) is 0 Å². The third-order valence-corrected chi connectivity index (χ3v) is 5.02. The van der Waals surface area contributed by atoms with Gasteiger partial charge in [0, 0.05) is 32.4 Å². The van der Waals surface area contributed by atoms with Gasteiger partial charge in [-0.15, -0.1) is 24.0 Å². The largest absolute Gasteiger partial charge is 0.444 e. The fourth-order valence-corrected chi connectivity index (χ4v) is 3.54. The van der Waals surface area contributed by atoms with Gasteiger partial charge in [0.15, 0.2) is 5.96 Å². The molecule has 1 aliphatic carbocycles. The van der Waals surface area contributed by atoms with E-state index in [1.807, 2.05) is 31.7 Å². The maximum Gasteiger partial charge on any atom is 0.410 e. The number of ether oxygens (including phenoxy) is 1. The molecule has 8 nitrogen and oxygen atoms in total. The summed E-state index contributed by atoms with van der Waals surface area (Å²) in [5.74, 6) is 0.509. The Hall–Kier alpha value is -1.52. The van der Waals surface area contributed by atoms with Crippen molar-refractivity contribution in [3.63, 3.8) is 0 Å². The molecule has 28 heavy (non-hydrogen) atoms. The lowest BCUT2D eigenvalue weighted by Crippen LogP contribution is -2.53. The predicted octanol–water partition coefficient (Wildman–Crippen LogP) is 2.98. The Morgan fingerprint density at radius 1 is 1.21 bits per heavy atom. The Morgan fingerprint density at radius 3 is 2.43 bits per heavy atom. The van der Waals surface area contributed by atoms with E-state index in [1.165, 1.54) is 25.7 Å². The number of carbonyl (C=O) groups is 1. The Kier molecular flexibility index (Phi) is 7.97. The van der Waals surface area contributed by atoms with Gasteiger partial charge < -0.3 is 20.3 Å². The second kappa shape index (κ2) is 9.80. The van der Waals surface area contributed by atoms with Crippen molar-refractivity contribution in [2.24, 2.45) is 10.7 Å². The molecule has 0 unspecified atom stereocenters. The minimum atomic E-state index is -0.476. The van der Waals surface area contributed by atoms with E-state index in [4.69, 9.17) is 10.5 Å². The SMILES string of the molecule is CC(C)(C)OC(=O)N1CCN(C(N)=NCc2ccn(C3CCCC3)n2)CC1.I. The van der Waals surface area contributed by atoms with Gasteiger partial charge in [0.25, 0.3) is 0 Å². The number of amides is 1. The monoisotopic (exact) mass is 504 g/mol. The Balaban J connectivity index is 0.00000280. The molecular weight excluding hydrogens is 471 g/mol. The molecule has 1 amide bonds. The molecule has 2 fully saturated rings. The van der Waals surface area contributed by atoms with E-state index in [0.29, 0.717) is 44.7 Å². The third kappa shape index (κ3) is 6.25. The van der Waals surface area contributed by atoms with Crippen molar-refractivity contribution in [2.75, 3.05) is 26.2 Å². The van der Waals surface area contributed by atoms with Gasteiger partial charge in [-0.3, -0.25) is 4.68 Å². The van der Waals surface area contributed by atoms with E-state index < -0.39 is 5.60 Å². The first-order valence-corrected chi connectivity index (χ1v) is 9.89. The summed E-state index contributed by atoms with van der Waals surface area (Å²) in [6, 6.07) is 2.57. The van der Waals surface area contributed by atoms with E-state index in [9.17, 15) is 4.79 Å². The Labute approximate surface area is 184 Å². The summed E-state index contributed by atoms with van der Waals surface area (Å²) in [5.41, 5.74) is 6.62. The average Bonchev–Trinajstić information content (AvgIpc) is 3.29. The summed E-state index contributed by atoms with van der Waals surface area (Å²) >= 11 is 0. The lowest BCUT2D eigenvalue weighted by Gasteiger charge is -2.36. The third-order valence-electron chi connectivity index (χ3n) is 5.02. The minimum Gasteiger partial charge on any atom is -0.444 e. The first kappa shape index (κ1) is 22.8. The zero-order valence-corrected chi connectivity index (χ0v) is 19.5. The number of piperazine rings is 1. The van der Waals surface area contributed by atoms with Crippen LogP contribution in [0.5, 0.6) is 0 Å². The minimum absolute atomic E-state index is 0. The first-order chi connectivity index (χ1) is 12.8. The fraction of sp³-hybridized carbons (Fsp3) is 0.737. The molecule has 9 heteroatoms. The number of nitrogens with two attached hydrogens (primary N) is 1. The van der Waals surface area contributed by atoms with Crippen LogP contribution in [0.4, 0.5) is 4.79 Å². The highest BCUT2D eigenvalue weighted by Crippen LogP contribution is 2.28. The number of rotatable bonds is 3. The second-order valence-electron chi connectivity index (χ2n) is 8.35. The van der Waals surface area contributed by atoms with Crippen molar-refractivity contribution < 1.29 is 9.53 Å². The van der Waals surface area contributed by atoms with Gasteiger partial charge in [-0.05, 0) is 39.7 Å². The van der Waals surface area contributed by atoms with E-state index in [2.05, 4.69) is 21.0 Å². The van der Waals surface area contributed by atoms with Crippen LogP contribution in [0.2, 0.25) is 0 Å². The molecule has 1 aromatic rings. The van der Waals surface area contributed by atoms with Crippen molar-refractivity contribution in [2.45, 2.75) is 64.6 Å². The molecule has 1 aromatic heterocycles. The fourth-order valence-electron chi connectivity index (χ4n) is 3.54. The highest BCUT2D eigenvalue weighted by atomic mass is 127. The standard InChI is InChI=1S/C19H32N6O2.HI/c1-19(2,3)27-18(26)24-12-10-23(11-13-24)17(20)21-14-15-8-9-25(22-15)16-6-4-5-7-16;/h8-9,16H,4-7,10-14H2,1-3H3,(H2,20,21);1H. The summed E-state index contributed by atoms with van der Waals surface area (Å²) in [6.45, 7) is 8.59. The van der Waals surface area contributed by atoms with Crippen LogP contribution < -0.4 is 5.73 Å². The van der Waals surface area contributed by atoms with Crippen LogP contribution in [-0.4, -0.2) is 63.4 Å². The molecule has 1 saturated carbocycles. The second-order valence-corrected chi connectivity index (χ2v) is 8.35. The molecule has 2 aliphatic rings. The van der Waals surface area contributed by atoms with Gasteiger partial charge in [0.1, 0.15) is 5.60 Å². The molecule has 1 saturated heterocycles. The summed E-state index contributed by atoms with van der Waals surface area (Å²) in [4.78, 5) is 20.4. The first-order valence-electron chi connectivity index (χ1n) is 9.89. The molecule has 1 aliphatic heterocycles. The highest BCUT2D eigenvalue weighted by Gasteiger charge is 2.26. The predicted molar refractivity (Wildman–Crippen MR) is 120 cm³/mol. The maximum absolute atomic E-state index is 12.1. The summed E-state index contributed by atoms with van der Waals surface area (Å²) in [6.07, 6.45) is 6.80. The number of hydrogen-bond acceptors (Lipinski definition) is 4. The number of nitrogens with zero attached hydrogens (tertiary/aromatic N) is 5. The zero-order chi connectivity index (χ0) is 19.4. The van der Waals surface area contributed by atoms with Crippen molar-refractivity contribution in [3.05, 3.63) is 18.0 Å². The van der Waals surface area contributed by atoms with Crippen LogP contribution in [-0.2, 0) is 11.3 Å².